The molecule has 94 valence electrons. The van der Waals surface area contributed by atoms with Crippen molar-refractivity contribution < 1.29 is 13.2 Å². The minimum atomic E-state index is -2.86. The van der Waals surface area contributed by atoms with Crippen LogP contribution in [0.15, 0.2) is 6.20 Å². The zero-order valence-corrected chi connectivity index (χ0v) is 10.5. The second kappa shape index (κ2) is 4.58. The molecule has 0 atom stereocenters. The van der Waals surface area contributed by atoms with E-state index in [1.165, 1.54) is 0 Å². The maximum absolute atomic E-state index is 11.3. The Balaban J connectivity index is 2.04. The number of hydrogen-bond donors (Lipinski definition) is 0. The molecule has 0 radical (unpaired) electrons. The highest BCUT2D eigenvalue weighted by molar-refractivity contribution is 7.91. The lowest BCUT2D eigenvalue weighted by atomic mass is 10.2. The number of rotatable bonds is 3. The van der Waals surface area contributed by atoms with Gasteiger partial charge in [0.15, 0.2) is 16.1 Å². The van der Waals surface area contributed by atoms with Crippen LogP contribution in [-0.2, 0) is 23.4 Å². The predicted octanol–water partition coefficient (Wildman–Crippen LogP) is -0.537. The van der Waals surface area contributed by atoms with Gasteiger partial charge in [-0.3, -0.25) is 14.4 Å². The highest BCUT2D eigenvalue weighted by atomic mass is 32.2. The van der Waals surface area contributed by atoms with Gasteiger partial charge in [-0.1, -0.05) is 0 Å². The van der Waals surface area contributed by atoms with Crippen LogP contribution in [0.4, 0.5) is 0 Å². The molecular formula is C10H15N3O3S. The van der Waals surface area contributed by atoms with Crippen LogP contribution in [-0.4, -0.2) is 54.0 Å². The molecule has 0 aliphatic carbocycles. The van der Waals surface area contributed by atoms with E-state index in [1.54, 1.807) is 17.9 Å². The lowest BCUT2D eigenvalue weighted by Gasteiger charge is -2.25. The highest BCUT2D eigenvalue weighted by Gasteiger charge is 2.22. The first kappa shape index (κ1) is 12.3. The molecule has 6 nitrogen and oxygen atoms in total. The van der Waals surface area contributed by atoms with Crippen molar-refractivity contribution in [2.45, 2.75) is 6.54 Å². The van der Waals surface area contributed by atoms with Gasteiger partial charge in [0.25, 0.3) is 0 Å². The van der Waals surface area contributed by atoms with E-state index in [9.17, 15) is 13.2 Å². The first-order valence-corrected chi connectivity index (χ1v) is 7.23. The SMILES string of the molecule is Cn1cc(C=O)c(CN2CCS(=O)(=O)CC2)n1. The van der Waals surface area contributed by atoms with E-state index in [0.717, 1.165) is 6.29 Å². The van der Waals surface area contributed by atoms with Gasteiger partial charge in [0, 0.05) is 32.9 Å². The Morgan fingerprint density at radius 2 is 2.06 bits per heavy atom. The van der Waals surface area contributed by atoms with Crippen LogP contribution in [0.2, 0.25) is 0 Å². The molecule has 0 spiro atoms. The average Bonchev–Trinajstić information content (AvgIpc) is 2.62. The van der Waals surface area contributed by atoms with Gasteiger partial charge in [-0.05, 0) is 0 Å². The third-order valence-corrected chi connectivity index (χ3v) is 4.48. The largest absolute Gasteiger partial charge is 0.298 e. The first-order chi connectivity index (χ1) is 8.00. The van der Waals surface area contributed by atoms with Crippen LogP contribution in [0.25, 0.3) is 0 Å². The maximum Gasteiger partial charge on any atom is 0.153 e. The third kappa shape index (κ3) is 2.92. The van der Waals surface area contributed by atoms with Gasteiger partial charge in [-0.15, -0.1) is 0 Å². The van der Waals surface area contributed by atoms with E-state index < -0.39 is 9.84 Å². The number of nitrogens with zero attached hydrogens (tertiary/aromatic N) is 3. The Morgan fingerprint density at radius 1 is 1.41 bits per heavy atom. The number of sulfone groups is 1. The number of carbonyl (C=O) groups excluding carboxylic acids is 1. The number of aromatic nitrogens is 2. The molecule has 0 N–H and O–H groups in total. The summed E-state index contributed by atoms with van der Waals surface area (Å²) in [4.78, 5) is 12.8. The second-order valence-corrected chi connectivity index (χ2v) is 6.55. The zero-order chi connectivity index (χ0) is 12.5. The number of aldehydes is 1. The van der Waals surface area contributed by atoms with Gasteiger partial charge in [0.2, 0.25) is 0 Å². The number of aryl methyl sites for hydroxylation is 1. The summed E-state index contributed by atoms with van der Waals surface area (Å²) in [5, 5.41) is 4.21. The molecule has 1 aromatic heterocycles. The summed E-state index contributed by atoms with van der Waals surface area (Å²) >= 11 is 0. The van der Waals surface area contributed by atoms with Crippen LogP contribution in [0.1, 0.15) is 16.1 Å². The van der Waals surface area contributed by atoms with Gasteiger partial charge in [-0.2, -0.15) is 5.10 Å². The normalized spacial score (nSPS) is 20.3. The van der Waals surface area contributed by atoms with Crippen molar-refractivity contribution in [1.29, 1.82) is 0 Å². The van der Waals surface area contributed by atoms with Crippen molar-refractivity contribution in [2.24, 2.45) is 7.05 Å². The predicted molar refractivity (Wildman–Crippen MR) is 62.5 cm³/mol. The summed E-state index contributed by atoms with van der Waals surface area (Å²) in [5.41, 5.74) is 1.28. The van der Waals surface area contributed by atoms with Gasteiger partial charge >= 0.3 is 0 Å². The quantitative estimate of drug-likeness (QED) is 0.680. The molecule has 1 saturated heterocycles. The van der Waals surface area contributed by atoms with E-state index in [2.05, 4.69) is 5.10 Å². The first-order valence-electron chi connectivity index (χ1n) is 5.40. The van der Waals surface area contributed by atoms with E-state index in [4.69, 9.17) is 0 Å². The second-order valence-electron chi connectivity index (χ2n) is 4.25. The van der Waals surface area contributed by atoms with Crippen molar-refractivity contribution in [3.63, 3.8) is 0 Å². The Bertz CT molecular complexity index is 507. The van der Waals surface area contributed by atoms with Crippen molar-refractivity contribution in [3.8, 4) is 0 Å². The molecule has 1 aromatic rings. The molecule has 1 aliphatic rings. The Morgan fingerprint density at radius 3 is 2.65 bits per heavy atom. The molecule has 1 aliphatic heterocycles. The maximum atomic E-state index is 11.3. The summed E-state index contributed by atoms with van der Waals surface area (Å²) in [6.45, 7) is 1.55. The van der Waals surface area contributed by atoms with Crippen molar-refractivity contribution >= 4 is 16.1 Å². The van der Waals surface area contributed by atoms with Gasteiger partial charge in [0.05, 0.1) is 22.8 Å². The van der Waals surface area contributed by atoms with E-state index >= 15 is 0 Å². The van der Waals surface area contributed by atoms with Gasteiger partial charge in [-0.25, -0.2) is 8.42 Å². The molecule has 2 rings (SSSR count). The molecule has 7 heteroatoms. The lowest BCUT2D eigenvalue weighted by Crippen LogP contribution is -2.39. The van der Waals surface area contributed by atoms with Crippen molar-refractivity contribution in [3.05, 3.63) is 17.5 Å². The summed E-state index contributed by atoms with van der Waals surface area (Å²) < 4.78 is 24.1. The fourth-order valence-electron chi connectivity index (χ4n) is 1.89. The summed E-state index contributed by atoms with van der Waals surface area (Å²) in [7, 11) is -1.09. The molecule has 0 saturated carbocycles. The van der Waals surface area contributed by atoms with Crippen molar-refractivity contribution in [1.82, 2.24) is 14.7 Å². The molecule has 17 heavy (non-hydrogen) atoms. The smallest absolute Gasteiger partial charge is 0.153 e. The van der Waals surface area contributed by atoms with Crippen LogP contribution in [0.5, 0.6) is 0 Å². The fraction of sp³-hybridized carbons (Fsp3) is 0.600. The summed E-state index contributed by atoms with van der Waals surface area (Å²) in [5.74, 6) is 0.381. The van der Waals surface area contributed by atoms with E-state index in [1.807, 2.05) is 4.90 Å². The molecule has 1 fully saturated rings. The minimum Gasteiger partial charge on any atom is -0.298 e. The average molecular weight is 257 g/mol. The van der Waals surface area contributed by atoms with Crippen molar-refractivity contribution in [2.75, 3.05) is 24.6 Å². The minimum absolute atomic E-state index is 0.191. The van der Waals surface area contributed by atoms with Crippen LogP contribution < -0.4 is 0 Å². The molecular weight excluding hydrogens is 242 g/mol. The summed E-state index contributed by atoms with van der Waals surface area (Å²) in [6, 6.07) is 0. The third-order valence-electron chi connectivity index (χ3n) is 2.87. The number of carbonyl (C=O) groups is 1. The molecule has 0 aromatic carbocycles. The van der Waals surface area contributed by atoms with E-state index in [-0.39, 0.29) is 11.5 Å². The van der Waals surface area contributed by atoms with Gasteiger partial charge < -0.3 is 0 Å². The lowest BCUT2D eigenvalue weighted by molar-refractivity contribution is 0.112. The molecule has 0 amide bonds. The van der Waals surface area contributed by atoms with Gasteiger partial charge in [0.1, 0.15) is 0 Å². The van der Waals surface area contributed by atoms with Crippen LogP contribution >= 0.6 is 0 Å². The molecule has 0 bridgehead atoms. The topological polar surface area (TPSA) is 72.3 Å². The Labute approximate surface area is 100 Å². The van der Waals surface area contributed by atoms with Crippen LogP contribution in [0.3, 0.4) is 0 Å². The Hall–Kier alpha value is -1.21. The Kier molecular flexibility index (Phi) is 3.30. The summed E-state index contributed by atoms with van der Waals surface area (Å²) in [6.07, 6.45) is 2.45. The standard InChI is InChI=1S/C10H15N3O3S/c1-12-6-9(8-14)10(11-12)7-13-2-4-17(15,16)5-3-13/h6,8H,2-5,7H2,1H3. The molecule has 2 heterocycles. The molecule has 0 unspecified atom stereocenters. The highest BCUT2D eigenvalue weighted by Crippen LogP contribution is 2.11. The zero-order valence-electron chi connectivity index (χ0n) is 9.66. The van der Waals surface area contributed by atoms with E-state index in [0.29, 0.717) is 30.9 Å². The monoisotopic (exact) mass is 257 g/mol. The van der Waals surface area contributed by atoms with Crippen LogP contribution in [0, 0.1) is 0 Å². The number of hydrogen-bond acceptors (Lipinski definition) is 5. The fourth-order valence-corrected chi connectivity index (χ4v) is 3.17.